The average molecular weight is 300 g/mol. The van der Waals surface area contributed by atoms with Gasteiger partial charge in [-0.15, -0.1) is 0 Å². The van der Waals surface area contributed by atoms with E-state index in [0.717, 1.165) is 0 Å². The molecule has 108 valence electrons. The van der Waals surface area contributed by atoms with Crippen LogP contribution in [0, 0.1) is 23.0 Å². The highest BCUT2D eigenvalue weighted by Crippen LogP contribution is 2.32. The van der Waals surface area contributed by atoms with Crippen molar-refractivity contribution < 1.29 is 9.72 Å². The number of rotatable bonds is 3. The summed E-state index contributed by atoms with van der Waals surface area (Å²) in [6, 6.07) is 0. The third-order valence-corrected chi connectivity index (χ3v) is 3.56. The molecule has 8 nitrogen and oxygen atoms in total. The lowest BCUT2D eigenvalue weighted by Crippen LogP contribution is -2.39. The fraction of sp³-hybridized carbons (Fsp3) is 0.545. The van der Waals surface area contributed by atoms with Crippen LogP contribution in [0.5, 0.6) is 0 Å². The molecule has 1 fully saturated rings. The number of carbonyl (C=O) groups is 1. The zero-order chi connectivity index (χ0) is 14.9. The Labute approximate surface area is 120 Å². The Morgan fingerprint density at radius 1 is 1.45 bits per heavy atom. The summed E-state index contributed by atoms with van der Waals surface area (Å²) in [6.45, 7) is 2.47. The third-order valence-electron chi connectivity index (χ3n) is 3.39. The van der Waals surface area contributed by atoms with Crippen molar-refractivity contribution in [3.63, 3.8) is 0 Å². The molecule has 0 radical (unpaired) electrons. The van der Waals surface area contributed by atoms with E-state index in [1.54, 1.807) is 4.90 Å². The number of nitro groups is 1. The van der Waals surface area contributed by atoms with Gasteiger partial charge in [0.25, 0.3) is 0 Å². The van der Waals surface area contributed by atoms with Crippen LogP contribution in [0.3, 0.4) is 0 Å². The number of aryl methyl sites for hydroxylation is 1. The number of nitrogens with two attached hydrogens (primary N) is 1. The van der Waals surface area contributed by atoms with Gasteiger partial charge in [0, 0.05) is 19.0 Å². The van der Waals surface area contributed by atoms with Gasteiger partial charge in [-0.2, -0.15) is 4.98 Å². The van der Waals surface area contributed by atoms with Gasteiger partial charge in [-0.05, 0) is 31.4 Å². The maximum absolute atomic E-state index is 11.2. The lowest BCUT2D eigenvalue weighted by atomic mass is 9.96. The Bertz CT molecular complexity index is 557. The molecular weight excluding hydrogens is 286 g/mol. The fourth-order valence-electron chi connectivity index (χ4n) is 2.33. The molecule has 2 heterocycles. The highest BCUT2D eigenvalue weighted by molar-refractivity contribution is 6.28. The largest absolute Gasteiger partial charge is 0.369 e. The van der Waals surface area contributed by atoms with Crippen molar-refractivity contribution in [2.75, 3.05) is 18.0 Å². The Hall–Kier alpha value is -1.96. The van der Waals surface area contributed by atoms with E-state index in [1.807, 2.05) is 0 Å². The molecule has 0 spiro atoms. The topological polar surface area (TPSA) is 115 Å². The van der Waals surface area contributed by atoms with Crippen LogP contribution >= 0.6 is 11.6 Å². The summed E-state index contributed by atoms with van der Waals surface area (Å²) in [4.78, 5) is 31.3. The predicted molar refractivity (Wildman–Crippen MR) is 72.6 cm³/mol. The molecule has 0 saturated carbocycles. The minimum absolute atomic E-state index is 0.0277. The van der Waals surface area contributed by atoms with Crippen LogP contribution in [0.15, 0.2) is 0 Å². The molecule has 0 atom stereocenters. The molecule has 1 aromatic rings. The molecule has 2 rings (SSSR count). The van der Waals surface area contributed by atoms with Crippen molar-refractivity contribution >= 4 is 29.0 Å². The number of nitrogens with zero attached hydrogens (tertiary/aromatic N) is 4. The van der Waals surface area contributed by atoms with Crippen molar-refractivity contribution in [1.82, 2.24) is 9.97 Å². The quantitative estimate of drug-likeness (QED) is 0.506. The fourth-order valence-corrected chi connectivity index (χ4v) is 2.54. The van der Waals surface area contributed by atoms with Gasteiger partial charge >= 0.3 is 5.69 Å². The second-order valence-electron chi connectivity index (χ2n) is 4.67. The van der Waals surface area contributed by atoms with E-state index in [1.165, 1.54) is 6.92 Å². The average Bonchev–Trinajstić information content (AvgIpc) is 2.37. The van der Waals surface area contributed by atoms with Gasteiger partial charge in [-0.3, -0.25) is 14.9 Å². The van der Waals surface area contributed by atoms with E-state index < -0.39 is 4.92 Å². The summed E-state index contributed by atoms with van der Waals surface area (Å²) in [5, 5.41) is 11.1. The number of aromatic nitrogens is 2. The summed E-state index contributed by atoms with van der Waals surface area (Å²) in [5.74, 6) is -0.324. The van der Waals surface area contributed by atoms with Crippen LogP contribution in [-0.4, -0.2) is 33.9 Å². The van der Waals surface area contributed by atoms with Gasteiger partial charge in [0.05, 0.1) is 4.92 Å². The van der Waals surface area contributed by atoms with Gasteiger partial charge in [0.2, 0.25) is 17.0 Å². The standard InChI is InChI=1S/C11H14ClN5O3/c1-6-8(17(19)20)10(15-11(12)14-6)16-4-2-7(3-5-16)9(13)18/h7H,2-5H2,1H3,(H2,13,18). The molecule has 1 aliphatic rings. The first-order chi connectivity index (χ1) is 9.40. The third kappa shape index (κ3) is 2.79. The van der Waals surface area contributed by atoms with Crippen LogP contribution in [0.1, 0.15) is 18.5 Å². The second kappa shape index (κ2) is 5.58. The minimum Gasteiger partial charge on any atom is -0.369 e. The van der Waals surface area contributed by atoms with E-state index in [9.17, 15) is 14.9 Å². The van der Waals surface area contributed by atoms with E-state index in [4.69, 9.17) is 17.3 Å². The Balaban J connectivity index is 2.30. The smallest absolute Gasteiger partial charge is 0.332 e. The first kappa shape index (κ1) is 14.4. The first-order valence-electron chi connectivity index (χ1n) is 6.13. The molecule has 20 heavy (non-hydrogen) atoms. The second-order valence-corrected chi connectivity index (χ2v) is 5.01. The lowest BCUT2D eigenvalue weighted by Gasteiger charge is -2.31. The van der Waals surface area contributed by atoms with Gasteiger partial charge in [-0.1, -0.05) is 0 Å². The zero-order valence-electron chi connectivity index (χ0n) is 10.9. The molecular formula is C11H14ClN5O3. The van der Waals surface area contributed by atoms with Crippen LogP contribution < -0.4 is 10.6 Å². The summed E-state index contributed by atoms with van der Waals surface area (Å²) in [5.41, 5.74) is 5.34. The number of hydrogen-bond acceptors (Lipinski definition) is 6. The molecule has 9 heteroatoms. The van der Waals surface area contributed by atoms with Crippen LogP contribution in [0.2, 0.25) is 5.28 Å². The van der Waals surface area contributed by atoms with Crippen molar-refractivity contribution in [1.29, 1.82) is 0 Å². The lowest BCUT2D eigenvalue weighted by molar-refractivity contribution is -0.385. The number of carbonyl (C=O) groups excluding carboxylic acids is 1. The van der Waals surface area contributed by atoms with Gasteiger partial charge in [0.1, 0.15) is 5.69 Å². The zero-order valence-corrected chi connectivity index (χ0v) is 11.6. The molecule has 0 bridgehead atoms. The van der Waals surface area contributed by atoms with Crippen molar-refractivity contribution in [3.8, 4) is 0 Å². The van der Waals surface area contributed by atoms with Crippen LogP contribution in [0.4, 0.5) is 11.5 Å². The molecule has 0 aliphatic carbocycles. The van der Waals surface area contributed by atoms with Crippen LogP contribution in [-0.2, 0) is 4.79 Å². The molecule has 1 amide bonds. The highest BCUT2D eigenvalue weighted by Gasteiger charge is 2.30. The molecule has 1 saturated heterocycles. The minimum atomic E-state index is -0.513. The molecule has 1 aliphatic heterocycles. The van der Waals surface area contributed by atoms with Crippen molar-refractivity contribution in [2.45, 2.75) is 19.8 Å². The summed E-state index contributed by atoms with van der Waals surface area (Å²) in [7, 11) is 0. The number of halogens is 1. The van der Waals surface area contributed by atoms with Gasteiger partial charge in [0.15, 0.2) is 0 Å². The molecule has 2 N–H and O–H groups in total. The van der Waals surface area contributed by atoms with E-state index >= 15 is 0 Å². The summed E-state index contributed by atoms with van der Waals surface area (Å²) >= 11 is 5.78. The number of hydrogen-bond donors (Lipinski definition) is 1. The van der Waals surface area contributed by atoms with E-state index in [-0.39, 0.29) is 34.3 Å². The maximum atomic E-state index is 11.2. The Morgan fingerprint density at radius 2 is 2.05 bits per heavy atom. The van der Waals surface area contributed by atoms with E-state index in [2.05, 4.69) is 9.97 Å². The maximum Gasteiger partial charge on any atom is 0.332 e. The Kier molecular flexibility index (Phi) is 4.03. The predicted octanol–water partition coefficient (Wildman–Crippen LogP) is 1.05. The van der Waals surface area contributed by atoms with Crippen molar-refractivity contribution in [3.05, 3.63) is 21.1 Å². The monoisotopic (exact) mass is 299 g/mol. The SMILES string of the molecule is Cc1nc(Cl)nc(N2CCC(C(N)=O)CC2)c1[N+](=O)[O-]. The summed E-state index contributed by atoms with van der Waals surface area (Å²) in [6.07, 6.45) is 1.10. The van der Waals surface area contributed by atoms with Crippen molar-refractivity contribution in [2.24, 2.45) is 11.7 Å². The molecule has 0 aromatic carbocycles. The normalized spacial score (nSPS) is 16.2. The first-order valence-corrected chi connectivity index (χ1v) is 6.50. The summed E-state index contributed by atoms with van der Waals surface area (Å²) < 4.78 is 0. The molecule has 1 aromatic heterocycles. The Morgan fingerprint density at radius 3 is 2.55 bits per heavy atom. The van der Waals surface area contributed by atoms with E-state index in [0.29, 0.717) is 25.9 Å². The van der Waals surface area contributed by atoms with Gasteiger partial charge in [-0.25, -0.2) is 4.98 Å². The number of primary amides is 1. The molecule has 0 unspecified atom stereocenters. The highest BCUT2D eigenvalue weighted by atomic mass is 35.5. The number of piperidine rings is 1. The number of anilines is 1. The number of amides is 1. The van der Waals surface area contributed by atoms with Gasteiger partial charge < -0.3 is 10.6 Å². The van der Waals surface area contributed by atoms with Crippen LogP contribution in [0.25, 0.3) is 0 Å².